The van der Waals surface area contributed by atoms with Gasteiger partial charge in [-0.1, -0.05) is 36.8 Å². The zero-order valence-electron chi connectivity index (χ0n) is 19.6. The Hall–Kier alpha value is -2.52. The monoisotopic (exact) mass is 523 g/mol. The fraction of sp³-hybridized carbons (Fsp3) is 0.346. The second-order valence-corrected chi connectivity index (χ2v) is 9.50. The Morgan fingerprint density at radius 1 is 1.29 bits per heavy atom. The van der Waals surface area contributed by atoms with Crippen LogP contribution >= 0.6 is 24.4 Å². The molecule has 0 atom stereocenters. The summed E-state index contributed by atoms with van der Waals surface area (Å²) in [5.41, 5.74) is 3.13. The van der Waals surface area contributed by atoms with Crippen LogP contribution in [0.15, 0.2) is 85.3 Å². The van der Waals surface area contributed by atoms with Crippen molar-refractivity contribution < 1.29 is 27.9 Å². The van der Waals surface area contributed by atoms with Gasteiger partial charge in [-0.05, 0) is 50.3 Å². The molecular formula is C26H28F3NO3S2. The zero-order chi connectivity index (χ0) is 26.0. The number of thiol groups is 1. The van der Waals surface area contributed by atoms with Crippen LogP contribution in [0.3, 0.4) is 0 Å². The SMILES string of the molecule is CC/C=C(\C=C/CC(F)(F)F)/C=N/C(C)=C(\S)CSC1=CCC2=C(C=C1)C(=O)/C(=C/C(=O)O)CC2. The number of carboxylic acid groups (broad SMARTS) is 1. The summed E-state index contributed by atoms with van der Waals surface area (Å²) in [6.45, 7) is 3.68. The second kappa shape index (κ2) is 13.5. The Bertz CT molecular complexity index is 1090. The summed E-state index contributed by atoms with van der Waals surface area (Å²) in [5.74, 6) is -0.822. The topological polar surface area (TPSA) is 66.7 Å². The molecule has 0 bridgehead atoms. The second-order valence-electron chi connectivity index (χ2n) is 7.91. The maximum Gasteiger partial charge on any atom is 0.392 e. The van der Waals surface area contributed by atoms with E-state index in [9.17, 15) is 22.8 Å². The minimum atomic E-state index is -4.24. The quantitative estimate of drug-likeness (QED) is 0.144. The number of carboxylic acids is 1. The number of Topliss-reactive ketones (excluding diaryl/α,β-unsaturated/α-hetero) is 1. The number of ketones is 1. The van der Waals surface area contributed by atoms with Gasteiger partial charge in [-0.15, -0.1) is 24.4 Å². The maximum atomic E-state index is 12.6. The van der Waals surface area contributed by atoms with Gasteiger partial charge < -0.3 is 5.11 Å². The average Bonchev–Trinajstić information content (AvgIpc) is 2.99. The number of carbonyl (C=O) groups is 2. The van der Waals surface area contributed by atoms with E-state index in [1.807, 2.05) is 19.1 Å². The first-order valence-corrected chi connectivity index (χ1v) is 12.5. The first-order valence-electron chi connectivity index (χ1n) is 11.1. The number of aliphatic imine (C=N–C) groups is 1. The van der Waals surface area contributed by atoms with Crippen molar-refractivity contribution in [3.63, 3.8) is 0 Å². The van der Waals surface area contributed by atoms with Crippen LogP contribution in [0.2, 0.25) is 0 Å². The number of hydrogen-bond donors (Lipinski definition) is 2. The van der Waals surface area contributed by atoms with Crippen molar-refractivity contribution >= 4 is 42.4 Å². The number of hydrogen-bond acceptors (Lipinski definition) is 5. The molecule has 0 aromatic heterocycles. The molecule has 0 amide bonds. The molecule has 4 nitrogen and oxygen atoms in total. The van der Waals surface area contributed by atoms with Gasteiger partial charge in [0.1, 0.15) is 0 Å². The van der Waals surface area contributed by atoms with E-state index < -0.39 is 18.6 Å². The number of carbonyl (C=O) groups excluding carboxylic acids is 1. The highest BCUT2D eigenvalue weighted by Gasteiger charge is 2.25. The molecule has 0 aromatic carbocycles. The van der Waals surface area contributed by atoms with E-state index in [-0.39, 0.29) is 5.78 Å². The lowest BCUT2D eigenvalue weighted by Gasteiger charge is -2.17. The van der Waals surface area contributed by atoms with E-state index in [1.54, 1.807) is 19.1 Å². The van der Waals surface area contributed by atoms with E-state index >= 15 is 0 Å². The molecule has 9 heteroatoms. The number of aliphatic carboxylic acids is 1. The van der Waals surface area contributed by atoms with Gasteiger partial charge in [-0.25, -0.2) is 4.79 Å². The molecule has 1 N–H and O–H groups in total. The third-order valence-corrected chi connectivity index (χ3v) is 6.94. The van der Waals surface area contributed by atoms with E-state index in [4.69, 9.17) is 5.11 Å². The number of nitrogens with zero attached hydrogens (tertiary/aromatic N) is 1. The van der Waals surface area contributed by atoms with Crippen molar-refractivity contribution in [3.8, 4) is 0 Å². The molecule has 0 heterocycles. The van der Waals surface area contributed by atoms with Crippen LogP contribution in [-0.4, -0.2) is 35.0 Å². The largest absolute Gasteiger partial charge is 0.478 e. The molecule has 0 aromatic rings. The van der Waals surface area contributed by atoms with Crippen LogP contribution in [0.1, 0.15) is 46.0 Å². The van der Waals surface area contributed by atoms with Gasteiger partial charge in [0, 0.05) is 44.7 Å². The van der Waals surface area contributed by atoms with Crippen LogP contribution < -0.4 is 0 Å². The molecule has 0 spiro atoms. The van der Waals surface area contributed by atoms with Crippen LogP contribution in [0.4, 0.5) is 13.2 Å². The molecule has 35 heavy (non-hydrogen) atoms. The van der Waals surface area contributed by atoms with Gasteiger partial charge in [0.15, 0.2) is 5.78 Å². The molecular weight excluding hydrogens is 495 g/mol. The molecule has 0 aliphatic heterocycles. The van der Waals surface area contributed by atoms with Crippen molar-refractivity contribution in [2.75, 3.05) is 5.75 Å². The lowest BCUT2D eigenvalue weighted by Crippen LogP contribution is -2.14. The minimum absolute atomic E-state index is 0.232. The Balaban J connectivity index is 2.02. The zero-order valence-corrected chi connectivity index (χ0v) is 21.3. The highest BCUT2D eigenvalue weighted by atomic mass is 32.2. The van der Waals surface area contributed by atoms with Gasteiger partial charge in [-0.3, -0.25) is 9.79 Å². The lowest BCUT2D eigenvalue weighted by molar-refractivity contribution is -0.131. The molecule has 0 unspecified atom stereocenters. The number of alkyl halides is 3. The van der Waals surface area contributed by atoms with Crippen molar-refractivity contribution in [3.05, 3.63) is 80.3 Å². The summed E-state index contributed by atoms with van der Waals surface area (Å²) in [6.07, 6.45) is 9.57. The predicted octanol–water partition coefficient (Wildman–Crippen LogP) is 7.31. The van der Waals surface area contributed by atoms with Gasteiger partial charge in [-0.2, -0.15) is 13.2 Å². The lowest BCUT2D eigenvalue weighted by atomic mass is 9.85. The summed E-state index contributed by atoms with van der Waals surface area (Å²) in [4.78, 5) is 29.6. The van der Waals surface area contributed by atoms with Gasteiger partial charge in [0.25, 0.3) is 0 Å². The Morgan fingerprint density at radius 3 is 2.69 bits per heavy atom. The number of thioether (sulfide) groups is 1. The van der Waals surface area contributed by atoms with Gasteiger partial charge in [0.2, 0.25) is 0 Å². The highest BCUT2D eigenvalue weighted by Crippen LogP contribution is 2.34. The molecule has 0 radical (unpaired) electrons. The van der Waals surface area contributed by atoms with Crippen molar-refractivity contribution in [2.24, 2.45) is 4.99 Å². The average molecular weight is 524 g/mol. The first-order chi connectivity index (χ1) is 16.5. The molecule has 2 aliphatic carbocycles. The standard InChI is InChI=1S/C26H28F3NO3S2/c1-3-5-18(6-4-13-26(27,28)29)15-30-17(2)23(34)16-35-21-10-9-19-7-8-20(14-24(31)32)25(33)22(19)12-11-21/h4-6,10-12,14-15,34H,3,7-9,13,16H2,1-2H3,(H,31,32)/b6-4-,18-5+,20-14+,23-17-,30-15+. The molecule has 0 fully saturated rings. The summed E-state index contributed by atoms with van der Waals surface area (Å²) >= 11 is 6.07. The number of allylic oxidation sites excluding steroid dienone is 11. The Morgan fingerprint density at radius 2 is 2.03 bits per heavy atom. The summed E-state index contributed by atoms with van der Waals surface area (Å²) in [5, 5.41) is 8.96. The molecule has 2 aliphatic rings. The fourth-order valence-corrected chi connectivity index (χ4v) is 4.48. The van der Waals surface area contributed by atoms with Gasteiger partial charge in [0.05, 0.1) is 6.42 Å². The van der Waals surface area contributed by atoms with Crippen LogP contribution in [-0.2, 0) is 9.59 Å². The summed E-state index contributed by atoms with van der Waals surface area (Å²) in [6, 6.07) is 0. The van der Waals surface area contributed by atoms with E-state index in [0.717, 1.165) is 27.5 Å². The van der Waals surface area contributed by atoms with Crippen LogP contribution in [0.5, 0.6) is 0 Å². The predicted molar refractivity (Wildman–Crippen MR) is 140 cm³/mol. The van der Waals surface area contributed by atoms with Crippen LogP contribution in [0.25, 0.3) is 0 Å². The van der Waals surface area contributed by atoms with Gasteiger partial charge >= 0.3 is 12.1 Å². The molecule has 188 valence electrons. The molecule has 2 rings (SSSR count). The maximum absolute atomic E-state index is 12.6. The molecule has 0 saturated carbocycles. The third kappa shape index (κ3) is 9.93. The Kier molecular flexibility index (Phi) is 11.1. The Labute approximate surface area is 213 Å². The number of rotatable bonds is 9. The first kappa shape index (κ1) is 28.7. The van der Waals surface area contributed by atoms with E-state index in [2.05, 4.69) is 17.6 Å². The summed E-state index contributed by atoms with van der Waals surface area (Å²) in [7, 11) is 0. The smallest absolute Gasteiger partial charge is 0.392 e. The van der Waals surface area contributed by atoms with E-state index in [0.29, 0.717) is 53.9 Å². The normalized spacial score (nSPS) is 19.4. The number of halogens is 3. The van der Waals surface area contributed by atoms with Crippen molar-refractivity contribution in [1.82, 2.24) is 0 Å². The molecule has 0 saturated heterocycles. The highest BCUT2D eigenvalue weighted by molar-refractivity contribution is 8.04. The van der Waals surface area contributed by atoms with Crippen molar-refractivity contribution in [1.29, 1.82) is 0 Å². The van der Waals surface area contributed by atoms with E-state index in [1.165, 1.54) is 24.1 Å². The third-order valence-electron chi connectivity index (χ3n) is 5.17. The fourth-order valence-electron chi connectivity index (χ4n) is 3.35. The van der Waals surface area contributed by atoms with Crippen molar-refractivity contribution in [2.45, 2.75) is 52.1 Å². The summed E-state index contributed by atoms with van der Waals surface area (Å²) < 4.78 is 37.1. The minimum Gasteiger partial charge on any atom is -0.478 e. The van der Waals surface area contributed by atoms with Crippen LogP contribution in [0, 0.1) is 0 Å².